The fraction of sp³-hybridized carbons (Fsp3) is 0.250. The van der Waals surface area contributed by atoms with Crippen LogP contribution in [-0.2, 0) is 0 Å². The van der Waals surface area contributed by atoms with E-state index in [1.54, 1.807) is 17.0 Å². The second-order valence-electron chi connectivity index (χ2n) is 5.01. The van der Waals surface area contributed by atoms with Crippen molar-refractivity contribution < 1.29 is 4.39 Å². The van der Waals surface area contributed by atoms with E-state index in [0.717, 1.165) is 0 Å². The number of nitrogens with two attached hydrogens (primary N) is 1. The van der Waals surface area contributed by atoms with Crippen LogP contribution in [0.4, 0.5) is 27.4 Å². The quantitative estimate of drug-likeness (QED) is 0.727. The third-order valence-electron chi connectivity index (χ3n) is 3.33. The molecule has 0 spiro atoms. The number of benzene rings is 1. The second-order valence-corrected chi connectivity index (χ2v) is 5.93. The van der Waals surface area contributed by atoms with Crippen LogP contribution >= 0.6 is 15.9 Å². The highest BCUT2D eigenvalue weighted by Gasteiger charge is 2.16. The summed E-state index contributed by atoms with van der Waals surface area (Å²) in [5.41, 5.74) is 6.57. The smallest absolute Gasteiger partial charge is 0.159 e. The minimum absolute atomic E-state index is 0.222. The van der Waals surface area contributed by atoms with Crippen LogP contribution in [0, 0.1) is 28.5 Å². The maximum atomic E-state index is 14.0. The lowest BCUT2D eigenvalue weighted by molar-refractivity contribution is 0.631. The molecule has 9 heteroatoms. The molecule has 1 aromatic heterocycles. The van der Waals surface area contributed by atoms with Gasteiger partial charge in [0.15, 0.2) is 11.6 Å². The van der Waals surface area contributed by atoms with Gasteiger partial charge in [0.25, 0.3) is 0 Å². The zero-order valence-electron chi connectivity index (χ0n) is 13.2. The summed E-state index contributed by atoms with van der Waals surface area (Å²) in [6, 6.07) is 8.68. The van der Waals surface area contributed by atoms with Gasteiger partial charge in [-0.05, 0) is 18.2 Å². The number of rotatable bonds is 7. The zero-order chi connectivity index (χ0) is 18.2. The first-order chi connectivity index (χ1) is 12.1. The number of nitrogens with one attached hydrogen (secondary N) is 1. The van der Waals surface area contributed by atoms with Crippen LogP contribution in [0.3, 0.4) is 0 Å². The van der Waals surface area contributed by atoms with E-state index in [4.69, 9.17) is 16.3 Å². The maximum Gasteiger partial charge on any atom is 0.159 e. The van der Waals surface area contributed by atoms with Crippen LogP contribution in [0.1, 0.15) is 12.8 Å². The molecule has 0 saturated carbocycles. The Hall–Kier alpha value is -2.91. The third kappa shape index (κ3) is 4.78. The standard InChI is InChI=1S/C16H15BrFN7/c17-11-3-4-13(12(18)9-11)24-15-14(21)16(23-10-22-15)25(7-1-5-19)8-2-6-20/h3-4,9-10H,1-2,7-8,21H2,(H,22,23,24). The lowest BCUT2D eigenvalue weighted by atomic mass is 10.3. The Morgan fingerprint density at radius 1 is 1.20 bits per heavy atom. The number of nitrogen functional groups attached to an aromatic ring is 1. The topological polar surface area (TPSA) is 115 Å². The van der Waals surface area contributed by atoms with Gasteiger partial charge in [0.2, 0.25) is 0 Å². The monoisotopic (exact) mass is 403 g/mol. The van der Waals surface area contributed by atoms with E-state index in [2.05, 4.69) is 43.4 Å². The predicted molar refractivity (Wildman–Crippen MR) is 96.5 cm³/mol. The normalized spacial score (nSPS) is 9.92. The molecule has 2 rings (SSSR count). The Kier molecular flexibility index (Phi) is 6.49. The Morgan fingerprint density at radius 2 is 1.88 bits per heavy atom. The minimum atomic E-state index is -0.459. The van der Waals surface area contributed by atoms with Crippen molar-refractivity contribution in [3.8, 4) is 12.1 Å². The molecule has 0 aliphatic heterocycles. The average molecular weight is 404 g/mol. The average Bonchev–Trinajstić information content (AvgIpc) is 2.59. The SMILES string of the molecule is N#CCCN(CCC#N)c1ncnc(Nc2ccc(Br)cc2F)c1N. The van der Waals surface area contributed by atoms with E-state index in [9.17, 15) is 4.39 Å². The van der Waals surface area contributed by atoms with Crippen molar-refractivity contribution in [3.63, 3.8) is 0 Å². The van der Waals surface area contributed by atoms with Crippen molar-refractivity contribution in [2.45, 2.75) is 12.8 Å². The molecule has 7 nitrogen and oxygen atoms in total. The zero-order valence-corrected chi connectivity index (χ0v) is 14.8. The molecule has 25 heavy (non-hydrogen) atoms. The fourth-order valence-electron chi connectivity index (χ4n) is 2.15. The molecule has 0 aliphatic rings. The maximum absolute atomic E-state index is 14.0. The molecular weight excluding hydrogens is 389 g/mol. The molecule has 1 aromatic carbocycles. The van der Waals surface area contributed by atoms with Crippen LogP contribution < -0.4 is 16.0 Å². The van der Waals surface area contributed by atoms with Gasteiger partial charge in [0, 0.05) is 17.6 Å². The molecule has 128 valence electrons. The van der Waals surface area contributed by atoms with Gasteiger partial charge in [-0.15, -0.1) is 0 Å². The van der Waals surface area contributed by atoms with Crippen LogP contribution in [-0.4, -0.2) is 23.1 Å². The number of nitrogens with zero attached hydrogens (tertiary/aromatic N) is 5. The van der Waals surface area contributed by atoms with Crippen molar-refractivity contribution in [1.29, 1.82) is 10.5 Å². The number of hydrogen-bond donors (Lipinski definition) is 2. The number of halogens is 2. The van der Waals surface area contributed by atoms with E-state index in [-0.39, 0.29) is 30.0 Å². The van der Waals surface area contributed by atoms with Crippen LogP contribution in [0.25, 0.3) is 0 Å². The number of hydrogen-bond acceptors (Lipinski definition) is 7. The summed E-state index contributed by atoms with van der Waals surface area (Å²) in [4.78, 5) is 9.95. The van der Waals surface area contributed by atoms with E-state index >= 15 is 0 Å². The predicted octanol–water partition coefficient (Wildman–Crippen LogP) is 3.34. The van der Waals surface area contributed by atoms with Crippen LogP contribution in [0.15, 0.2) is 29.0 Å². The van der Waals surface area contributed by atoms with E-state index in [0.29, 0.717) is 23.4 Å². The second kappa shape index (κ2) is 8.81. The molecule has 2 aromatic rings. The summed E-state index contributed by atoms with van der Waals surface area (Å²) in [6.07, 6.45) is 1.83. The first kappa shape index (κ1) is 18.4. The van der Waals surface area contributed by atoms with E-state index in [1.165, 1.54) is 12.4 Å². The molecule has 0 amide bonds. The summed E-state index contributed by atoms with van der Waals surface area (Å²) in [6.45, 7) is 0.761. The highest BCUT2D eigenvalue weighted by atomic mass is 79.9. The molecular formula is C16H15BrFN7. The molecule has 0 atom stereocenters. The molecule has 0 bridgehead atoms. The van der Waals surface area contributed by atoms with Crippen molar-refractivity contribution in [3.05, 3.63) is 34.8 Å². The highest BCUT2D eigenvalue weighted by molar-refractivity contribution is 9.10. The van der Waals surface area contributed by atoms with Crippen molar-refractivity contribution in [2.24, 2.45) is 0 Å². The van der Waals surface area contributed by atoms with Crippen molar-refractivity contribution in [1.82, 2.24) is 9.97 Å². The Labute approximate surface area is 153 Å². The molecule has 0 fully saturated rings. The minimum Gasteiger partial charge on any atom is -0.393 e. The van der Waals surface area contributed by atoms with Crippen molar-refractivity contribution >= 4 is 38.9 Å². The lowest BCUT2D eigenvalue weighted by Crippen LogP contribution is -2.27. The van der Waals surface area contributed by atoms with Gasteiger partial charge in [-0.1, -0.05) is 15.9 Å². The van der Waals surface area contributed by atoms with E-state index in [1.807, 2.05) is 0 Å². The highest BCUT2D eigenvalue weighted by Crippen LogP contribution is 2.30. The van der Waals surface area contributed by atoms with Gasteiger partial charge in [-0.25, -0.2) is 14.4 Å². The van der Waals surface area contributed by atoms with Crippen LogP contribution in [0.5, 0.6) is 0 Å². The van der Waals surface area contributed by atoms with Gasteiger partial charge < -0.3 is 16.0 Å². The molecule has 0 aliphatic carbocycles. The van der Waals surface area contributed by atoms with Crippen LogP contribution in [0.2, 0.25) is 0 Å². The Morgan fingerprint density at radius 3 is 2.48 bits per heavy atom. The van der Waals surface area contributed by atoms with Gasteiger partial charge in [-0.2, -0.15) is 10.5 Å². The number of aromatic nitrogens is 2. The summed E-state index contributed by atoms with van der Waals surface area (Å²) in [5, 5.41) is 20.4. The first-order valence-corrected chi connectivity index (χ1v) is 8.17. The van der Waals surface area contributed by atoms with Gasteiger partial charge in [0.1, 0.15) is 17.8 Å². The number of nitriles is 2. The van der Waals surface area contributed by atoms with Gasteiger partial charge in [-0.3, -0.25) is 0 Å². The fourth-order valence-corrected chi connectivity index (χ4v) is 2.48. The molecule has 0 saturated heterocycles. The number of anilines is 4. The first-order valence-electron chi connectivity index (χ1n) is 7.38. The van der Waals surface area contributed by atoms with Gasteiger partial charge >= 0.3 is 0 Å². The Bertz CT molecular complexity index is 810. The summed E-state index contributed by atoms with van der Waals surface area (Å²) in [7, 11) is 0. The van der Waals surface area contributed by atoms with Gasteiger partial charge in [0.05, 0.1) is 30.7 Å². The molecule has 3 N–H and O–H groups in total. The largest absolute Gasteiger partial charge is 0.393 e. The molecule has 1 heterocycles. The summed E-state index contributed by atoms with van der Waals surface area (Å²) in [5.74, 6) is 0.199. The third-order valence-corrected chi connectivity index (χ3v) is 3.83. The van der Waals surface area contributed by atoms with E-state index < -0.39 is 5.82 Å². The Balaban J connectivity index is 2.31. The lowest BCUT2D eigenvalue weighted by Gasteiger charge is -2.23. The summed E-state index contributed by atoms with van der Waals surface area (Å²) < 4.78 is 14.6. The molecule has 0 unspecified atom stereocenters. The summed E-state index contributed by atoms with van der Waals surface area (Å²) >= 11 is 3.20. The molecule has 0 radical (unpaired) electrons. The van der Waals surface area contributed by atoms with Crippen molar-refractivity contribution in [2.75, 3.05) is 29.0 Å².